The van der Waals surface area contributed by atoms with Crippen molar-refractivity contribution in [1.29, 1.82) is 0 Å². The number of ether oxygens (including phenoxy) is 1. The minimum Gasteiger partial charge on any atom is -0.497 e. The minimum absolute atomic E-state index is 0.267. The SMILES string of the molecule is COc1ccc(CCN2C(=O)C(Nc3ccc(C(C)C)cc3)=C(c3ccc(C)cc3C)C2=O)cc1. The van der Waals surface area contributed by atoms with Crippen LogP contribution in [0.15, 0.2) is 72.4 Å². The fourth-order valence-corrected chi connectivity index (χ4v) is 4.37. The summed E-state index contributed by atoms with van der Waals surface area (Å²) in [4.78, 5) is 28.5. The molecule has 0 radical (unpaired) electrons. The molecule has 5 nitrogen and oxygen atoms in total. The van der Waals surface area contributed by atoms with E-state index in [0.717, 1.165) is 33.7 Å². The fourth-order valence-electron chi connectivity index (χ4n) is 4.37. The first kappa shape index (κ1) is 24.3. The first-order chi connectivity index (χ1) is 16.8. The third-order valence-electron chi connectivity index (χ3n) is 6.45. The van der Waals surface area contributed by atoms with Crippen LogP contribution in [0.2, 0.25) is 0 Å². The van der Waals surface area contributed by atoms with Crippen LogP contribution in [0.25, 0.3) is 5.57 Å². The molecule has 3 aromatic carbocycles. The van der Waals surface area contributed by atoms with Crippen LogP contribution in [0, 0.1) is 13.8 Å². The van der Waals surface area contributed by atoms with Gasteiger partial charge >= 0.3 is 0 Å². The van der Waals surface area contributed by atoms with Crippen molar-refractivity contribution in [1.82, 2.24) is 4.90 Å². The number of benzene rings is 3. The molecule has 2 amide bonds. The molecule has 1 heterocycles. The van der Waals surface area contributed by atoms with Gasteiger partial charge in [0.25, 0.3) is 11.8 Å². The van der Waals surface area contributed by atoms with E-state index >= 15 is 0 Å². The Morgan fingerprint density at radius 2 is 1.57 bits per heavy atom. The molecule has 180 valence electrons. The minimum atomic E-state index is -0.300. The fraction of sp³-hybridized carbons (Fsp3) is 0.267. The zero-order chi connectivity index (χ0) is 25.1. The standard InChI is InChI=1S/C30H32N2O3/c1-19(2)23-9-11-24(12-10-23)31-28-27(26-15-6-20(3)18-21(26)4)29(33)32(30(28)34)17-16-22-7-13-25(35-5)14-8-22/h6-15,18-19,31H,16-17H2,1-5H3. The summed E-state index contributed by atoms with van der Waals surface area (Å²) in [6, 6.07) is 21.6. The van der Waals surface area contributed by atoms with Gasteiger partial charge < -0.3 is 10.1 Å². The van der Waals surface area contributed by atoms with Crippen LogP contribution in [-0.2, 0) is 16.0 Å². The molecule has 4 rings (SSSR count). The van der Waals surface area contributed by atoms with E-state index in [1.807, 2.05) is 80.6 Å². The molecule has 35 heavy (non-hydrogen) atoms. The normalized spacial score (nSPS) is 13.7. The van der Waals surface area contributed by atoms with Crippen LogP contribution in [0.1, 0.15) is 47.6 Å². The second-order valence-corrected chi connectivity index (χ2v) is 9.33. The summed E-state index contributed by atoms with van der Waals surface area (Å²) >= 11 is 0. The van der Waals surface area contributed by atoms with Crippen LogP contribution >= 0.6 is 0 Å². The highest BCUT2D eigenvalue weighted by Crippen LogP contribution is 2.33. The molecule has 0 saturated carbocycles. The molecule has 0 saturated heterocycles. The van der Waals surface area contributed by atoms with E-state index in [-0.39, 0.29) is 11.8 Å². The molecule has 1 N–H and O–H groups in total. The van der Waals surface area contributed by atoms with Gasteiger partial charge in [0.05, 0.1) is 12.7 Å². The number of methoxy groups -OCH3 is 1. The summed E-state index contributed by atoms with van der Waals surface area (Å²) in [5.74, 6) is 0.621. The van der Waals surface area contributed by atoms with Gasteiger partial charge in [-0.25, -0.2) is 0 Å². The maximum Gasteiger partial charge on any atom is 0.278 e. The molecule has 1 aliphatic heterocycles. The van der Waals surface area contributed by atoms with Gasteiger partial charge in [-0.15, -0.1) is 0 Å². The number of carbonyl (C=O) groups excluding carboxylic acids is 2. The van der Waals surface area contributed by atoms with Crippen molar-refractivity contribution in [3.8, 4) is 5.75 Å². The highest BCUT2D eigenvalue weighted by atomic mass is 16.5. The molecule has 0 fully saturated rings. The van der Waals surface area contributed by atoms with Crippen molar-refractivity contribution in [2.75, 3.05) is 19.0 Å². The topological polar surface area (TPSA) is 58.6 Å². The molecular formula is C30H32N2O3. The number of nitrogens with zero attached hydrogens (tertiary/aromatic N) is 1. The Labute approximate surface area is 207 Å². The van der Waals surface area contributed by atoms with Crippen LogP contribution in [0.5, 0.6) is 5.75 Å². The van der Waals surface area contributed by atoms with Crippen LogP contribution in [-0.4, -0.2) is 30.4 Å². The Morgan fingerprint density at radius 3 is 2.17 bits per heavy atom. The van der Waals surface area contributed by atoms with Crippen LogP contribution < -0.4 is 10.1 Å². The van der Waals surface area contributed by atoms with E-state index in [1.165, 1.54) is 10.5 Å². The van der Waals surface area contributed by atoms with Gasteiger partial charge in [0.15, 0.2) is 0 Å². The summed E-state index contributed by atoms with van der Waals surface area (Å²) in [6.07, 6.45) is 0.567. The van der Waals surface area contributed by atoms with Gasteiger partial charge in [-0.3, -0.25) is 14.5 Å². The van der Waals surface area contributed by atoms with Crippen molar-refractivity contribution < 1.29 is 14.3 Å². The van der Waals surface area contributed by atoms with Crippen molar-refractivity contribution in [3.63, 3.8) is 0 Å². The number of amides is 2. The van der Waals surface area contributed by atoms with Crippen LogP contribution in [0.4, 0.5) is 5.69 Å². The Kier molecular flexibility index (Phi) is 7.06. The lowest BCUT2D eigenvalue weighted by atomic mass is 9.97. The molecule has 0 aliphatic carbocycles. The summed E-state index contributed by atoms with van der Waals surface area (Å²) in [7, 11) is 1.63. The lowest BCUT2D eigenvalue weighted by Gasteiger charge is -2.16. The Hall–Kier alpha value is -3.86. The van der Waals surface area contributed by atoms with E-state index in [0.29, 0.717) is 30.2 Å². The summed E-state index contributed by atoms with van der Waals surface area (Å²) < 4.78 is 5.22. The molecule has 0 atom stereocenters. The van der Waals surface area contributed by atoms with Gasteiger partial charge in [0, 0.05) is 12.2 Å². The third-order valence-corrected chi connectivity index (χ3v) is 6.45. The number of hydrogen-bond acceptors (Lipinski definition) is 4. The highest BCUT2D eigenvalue weighted by molar-refractivity contribution is 6.36. The zero-order valence-electron chi connectivity index (χ0n) is 21.0. The Morgan fingerprint density at radius 1 is 0.886 bits per heavy atom. The summed E-state index contributed by atoms with van der Waals surface area (Å²) in [5.41, 5.74) is 6.64. The predicted molar refractivity (Wildman–Crippen MR) is 140 cm³/mol. The first-order valence-corrected chi connectivity index (χ1v) is 12.0. The van der Waals surface area contributed by atoms with Crippen molar-refractivity contribution in [2.45, 2.75) is 40.0 Å². The van der Waals surface area contributed by atoms with Crippen molar-refractivity contribution in [2.24, 2.45) is 0 Å². The van der Waals surface area contributed by atoms with Gasteiger partial charge in [-0.1, -0.05) is 61.9 Å². The lowest BCUT2D eigenvalue weighted by Crippen LogP contribution is -2.34. The average molecular weight is 469 g/mol. The second-order valence-electron chi connectivity index (χ2n) is 9.33. The lowest BCUT2D eigenvalue weighted by molar-refractivity contribution is -0.136. The quantitative estimate of drug-likeness (QED) is 0.420. The smallest absolute Gasteiger partial charge is 0.278 e. The van der Waals surface area contributed by atoms with E-state index in [1.54, 1.807) is 7.11 Å². The highest BCUT2D eigenvalue weighted by Gasteiger charge is 2.39. The Balaban J connectivity index is 1.65. The molecule has 3 aromatic rings. The number of nitrogens with one attached hydrogen (secondary N) is 1. The number of carbonyl (C=O) groups is 2. The predicted octanol–water partition coefficient (Wildman–Crippen LogP) is 5.87. The molecule has 5 heteroatoms. The second kappa shape index (κ2) is 10.2. The first-order valence-electron chi connectivity index (χ1n) is 12.0. The van der Waals surface area contributed by atoms with E-state index in [9.17, 15) is 9.59 Å². The number of hydrogen-bond donors (Lipinski definition) is 1. The maximum atomic E-state index is 13.6. The van der Waals surface area contributed by atoms with Crippen LogP contribution in [0.3, 0.4) is 0 Å². The van der Waals surface area contributed by atoms with Gasteiger partial charge in [-0.05, 0) is 72.7 Å². The monoisotopic (exact) mass is 468 g/mol. The maximum absolute atomic E-state index is 13.6. The van der Waals surface area contributed by atoms with Crippen molar-refractivity contribution >= 4 is 23.1 Å². The number of imide groups is 1. The van der Waals surface area contributed by atoms with Gasteiger partial charge in [0.1, 0.15) is 11.4 Å². The molecule has 0 aromatic heterocycles. The summed E-state index contributed by atoms with van der Waals surface area (Å²) in [5, 5.41) is 3.27. The summed E-state index contributed by atoms with van der Waals surface area (Å²) in [6.45, 7) is 8.58. The van der Waals surface area contributed by atoms with Gasteiger partial charge in [-0.2, -0.15) is 0 Å². The zero-order valence-corrected chi connectivity index (χ0v) is 21.0. The largest absolute Gasteiger partial charge is 0.497 e. The number of rotatable bonds is 8. The molecule has 1 aliphatic rings. The van der Waals surface area contributed by atoms with Gasteiger partial charge in [0.2, 0.25) is 0 Å². The van der Waals surface area contributed by atoms with Crippen molar-refractivity contribution in [3.05, 3.63) is 100 Å². The Bertz CT molecular complexity index is 1270. The molecular weight excluding hydrogens is 436 g/mol. The molecule has 0 bridgehead atoms. The average Bonchev–Trinajstić information content (AvgIpc) is 3.07. The number of anilines is 1. The van der Waals surface area contributed by atoms with E-state index in [2.05, 4.69) is 19.2 Å². The molecule has 0 spiro atoms. The van der Waals surface area contributed by atoms with E-state index < -0.39 is 0 Å². The van der Waals surface area contributed by atoms with E-state index in [4.69, 9.17) is 4.74 Å². The number of aryl methyl sites for hydroxylation is 2. The third kappa shape index (κ3) is 5.14. The molecule has 0 unspecified atom stereocenters.